The molecule has 3 atom stereocenters. The van der Waals surface area contributed by atoms with Gasteiger partial charge in [-0.3, -0.25) is 4.90 Å². The van der Waals surface area contributed by atoms with Crippen LogP contribution in [0.25, 0.3) is 0 Å². The lowest BCUT2D eigenvalue weighted by Crippen LogP contribution is -2.36. The summed E-state index contributed by atoms with van der Waals surface area (Å²) in [6.45, 7) is 5.29. The lowest BCUT2D eigenvalue weighted by molar-refractivity contribution is 0.131. The highest BCUT2D eigenvalue weighted by atomic mass is 16.3. The molecule has 1 heterocycles. The van der Waals surface area contributed by atoms with Crippen LogP contribution in [0.5, 0.6) is 0 Å². The van der Waals surface area contributed by atoms with Crippen LogP contribution >= 0.6 is 0 Å². The average Bonchev–Trinajstić information content (AvgIpc) is 2.56. The van der Waals surface area contributed by atoms with Crippen LogP contribution in [0, 0.1) is 0 Å². The molecule has 1 saturated heterocycles. The Bertz CT molecular complexity index is 352. The summed E-state index contributed by atoms with van der Waals surface area (Å²) in [5.41, 5.74) is 7.08. The number of aliphatic hydroxyl groups excluding tert-OH is 1. The second kappa shape index (κ2) is 4.78. The number of hydrogen-bond acceptors (Lipinski definition) is 3. The molecule has 1 aliphatic rings. The molecule has 1 fully saturated rings. The molecule has 0 aromatic heterocycles. The van der Waals surface area contributed by atoms with Crippen LogP contribution < -0.4 is 5.73 Å². The van der Waals surface area contributed by atoms with Gasteiger partial charge in [0.25, 0.3) is 0 Å². The van der Waals surface area contributed by atoms with Crippen LogP contribution in [0.4, 0.5) is 0 Å². The van der Waals surface area contributed by atoms with E-state index in [2.05, 4.69) is 23.6 Å². The molecule has 0 amide bonds. The lowest BCUT2D eigenvalue weighted by atomic mass is 10.1. The minimum atomic E-state index is -0.499. The molecule has 3 heteroatoms. The Balaban J connectivity index is 2.08. The van der Waals surface area contributed by atoms with Crippen LogP contribution in [-0.2, 0) is 6.54 Å². The van der Waals surface area contributed by atoms with E-state index < -0.39 is 6.10 Å². The number of benzene rings is 1. The molecule has 0 saturated carbocycles. The molecule has 1 aliphatic heterocycles. The van der Waals surface area contributed by atoms with Crippen molar-refractivity contribution in [2.45, 2.75) is 24.7 Å². The van der Waals surface area contributed by atoms with Crippen molar-refractivity contribution < 1.29 is 5.11 Å². The molecule has 0 bridgehead atoms. The standard InChI is InChI=1S/C13H18N2O/c1-2-12-13(16)11(14)9-15(12)8-10-6-4-3-5-7-10/h2-7,11-13,16H,1,8-9,14H2. The molecule has 0 spiro atoms. The Morgan fingerprint density at radius 2 is 2.12 bits per heavy atom. The first-order valence-electron chi connectivity index (χ1n) is 5.56. The summed E-state index contributed by atoms with van der Waals surface area (Å²) < 4.78 is 0. The van der Waals surface area contributed by atoms with Gasteiger partial charge < -0.3 is 10.8 Å². The summed E-state index contributed by atoms with van der Waals surface area (Å²) in [7, 11) is 0. The van der Waals surface area contributed by atoms with Gasteiger partial charge in [-0.25, -0.2) is 0 Å². The first-order chi connectivity index (χ1) is 7.72. The normalized spacial score (nSPS) is 30.5. The second-order valence-electron chi connectivity index (χ2n) is 4.30. The zero-order valence-corrected chi connectivity index (χ0v) is 9.29. The highest BCUT2D eigenvalue weighted by Gasteiger charge is 2.36. The highest BCUT2D eigenvalue weighted by Crippen LogP contribution is 2.20. The first kappa shape index (κ1) is 11.3. The minimum absolute atomic E-state index is 0.0322. The van der Waals surface area contributed by atoms with Crippen molar-refractivity contribution in [3.63, 3.8) is 0 Å². The fraction of sp³-hybridized carbons (Fsp3) is 0.385. The Kier molecular flexibility index (Phi) is 3.39. The minimum Gasteiger partial charge on any atom is -0.389 e. The van der Waals surface area contributed by atoms with Crippen molar-refractivity contribution in [1.82, 2.24) is 4.90 Å². The van der Waals surface area contributed by atoms with Gasteiger partial charge in [-0.2, -0.15) is 0 Å². The van der Waals surface area contributed by atoms with E-state index in [0.29, 0.717) is 6.54 Å². The zero-order valence-electron chi connectivity index (χ0n) is 9.29. The van der Waals surface area contributed by atoms with Crippen LogP contribution in [0.1, 0.15) is 5.56 Å². The van der Waals surface area contributed by atoms with Crippen molar-refractivity contribution in [2.24, 2.45) is 5.73 Å². The molecule has 1 aromatic carbocycles. The number of nitrogens with zero attached hydrogens (tertiary/aromatic N) is 1. The van der Waals surface area contributed by atoms with E-state index >= 15 is 0 Å². The number of rotatable bonds is 3. The van der Waals surface area contributed by atoms with Gasteiger partial charge in [-0.15, -0.1) is 6.58 Å². The van der Waals surface area contributed by atoms with Gasteiger partial charge in [0.1, 0.15) is 0 Å². The van der Waals surface area contributed by atoms with E-state index in [9.17, 15) is 5.11 Å². The second-order valence-corrected chi connectivity index (χ2v) is 4.30. The van der Waals surface area contributed by atoms with Crippen LogP contribution in [0.2, 0.25) is 0 Å². The van der Waals surface area contributed by atoms with Crippen molar-refractivity contribution in [3.05, 3.63) is 48.6 Å². The summed E-state index contributed by atoms with van der Waals surface area (Å²) in [5, 5.41) is 9.87. The fourth-order valence-electron chi connectivity index (χ4n) is 2.25. The van der Waals surface area contributed by atoms with E-state index in [-0.39, 0.29) is 12.1 Å². The van der Waals surface area contributed by atoms with Crippen molar-refractivity contribution >= 4 is 0 Å². The summed E-state index contributed by atoms with van der Waals surface area (Å²) in [6.07, 6.45) is 1.28. The Morgan fingerprint density at radius 3 is 2.75 bits per heavy atom. The van der Waals surface area contributed by atoms with Crippen molar-refractivity contribution in [1.29, 1.82) is 0 Å². The Labute approximate surface area is 96.2 Å². The Morgan fingerprint density at radius 1 is 1.44 bits per heavy atom. The summed E-state index contributed by atoms with van der Waals surface area (Å²) >= 11 is 0. The molecule has 0 radical (unpaired) electrons. The first-order valence-corrected chi connectivity index (χ1v) is 5.56. The van der Waals surface area contributed by atoms with Crippen LogP contribution in [0.15, 0.2) is 43.0 Å². The SMILES string of the molecule is C=CC1C(O)C(N)CN1Cc1ccccc1. The van der Waals surface area contributed by atoms with Gasteiger partial charge in [0.2, 0.25) is 0 Å². The smallest absolute Gasteiger partial charge is 0.0894 e. The van der Waals surface area contributed by atoms with E-state index in [1.165, 1.54) is 5.56 Å². The molecular weight excluding hydrogens is 200 g/mol. The number of hydrogen-bond donors (Lipinski definition) is 2. The number of likely N-dealkylation sites (tertiary alicyclic amines) is 1. The van der Waals surface area contributed by atoms with Crippen LogP contribution in [0.3, 0.4) is 0 Å². The summed E-state index contributed by atoms with van der Waals surface area (Å²) in [4.78, 5) is 2.16. The fourth-order valence-corrected chi connectivity index (χ4v) is 2.25. The largest absolute Gasteiger partial charge is 0.389 e. The van der Waals surface area contributed by atoms with Gasteiger partial charge in [-0.1, -0.05) is 36.4 Å². The molecule has 86 valence electrons. The third-order valence-electron chi connectivity index (χ3n) is 3.13. The van der Waals surface area contributed by atoms with Gasteiger partial charge in [0, 0.05) is 19.1 Å². The molecule has 3 N–H and O–H groups in total. The van der Waals surface area contributed by atoms with Crippen molar-refractivity contribution in [2.75, 3.05) is 6.54 Å². The molecular formula is C13H18N2O. The third-order valence-corrected chi connectivity index (χ3v) is 3.13. The molecule has 3 nitrogen and oxygen atoms in total. The molecule has 1 aromatic rings. The van der Waals surface area contributed by atoms with Crippen LogP contribution in [-0.4, -0.2) is 34.7 Å². The summed E-state index contributed by atoms with van der Waals surface area (Å²) in [6, 6.07) is 9.99. The molecule has 2 rings (SSSR count). The molecule has 16 heavy (non-hydrogen) atoms. The van der Waals surface area contributed by atoms with Gasteiger partial charge in [-0.05, 0) is 5.56 Å². The predicted molar refractivity (Wildman–Crippen MR) is 64.8 cm³/mol. The van der Waals surface area contributed by atoms with E-state index in [4.69, 9.17) is 5.73 Å². The number of aliphatic hydroxyl groups is 1. The summed E-state index contributed by atoms with van der Waals surface area (Å²) in [5.74, 6) is 0. The Hall–Kier alpha value is -1.16. The van der Waals surface area contributed by atoms with Gasteiger partial charge in [0.15, 0.2) is 0 Å². The molecule has 3 unspecified atom stereocenters. The lowest BCUT2D eigenvalue weighted by Gasteiger charge is -2.22. The maximum absolute atomic E-state index is 9.87. The third kappa shape index (κ3) is 2.16. The molecule has 0 aliphatic carbocycles. The quantitative estimate of drug-likeness (QED) is 0.736. The zero-order chi connectivity index (χ0) is 11.5. The monoisotopic (exact) mass is 218 g/mol. The van der Waals surface area contributed by atoms with E-state index in [1.807, 2.05) is 18.2 Å². The van der Waals surface area contributed by atoms with Gasteiger partial charge >= 0.3 is 0 Å². The van der Waals surface area contributed by atoms with Gasteiger partial charge in [0.05, 0.1) is 12.1 Å². The predicted octanol–water partition coefficient (Wildman–Crippen LogP) is 0.745. The van der Waals surface area contributed by atoms with E-state index in [1.54, 1.807) is 6.08 Å². The van der Waals surface area contributed by atoms with Crippen molar-refractivity contribution in [3.8, 4) is 0 Å². The maximum atomic E-state index is 9.87. The average molecular weight is 218 g/mol. The topological polar surface area (TPSA) is 49.5 Å². The number of nitrogens with two attached hydrogens (primary N) is 1. The maximum Gasteiger partial charge on any atom is 0.0894 e. The van der Waals surface area contributed by atoms with E-state index in [0.717, 1.165) is 6.54 Å². The highest BCUT2D eigenvalue weighted by molar-refractivity contribution is 5.16.